The number of nitrogens with zero attached hydrogens (tertiary/aromatic N) is 1. The number of thiocarbonyl (C=S) groups is 1. The Bertz CT molecular complexity index is 1450. The van der Waals surface area contributed by atoms with Gasteiger partial charge in [0.1, 0.15) is 5.58 Å². The number of carbonyl (C=O) groups excluding carboxylic acids is 2. The molecule has 0 bridgehead atoms. The van der Waals surface area contributed by atoms with Crippen LogP contribution in [0.2, 0.25) is 0 Å². The quantitative estimate of drug-likeness (QED) is 0.179. The summed E-state index contributed by atoms with van der Waals surface area (Å²) in [6.07, 6.45) is 0. The number of hydrogen-bond donors (Lipinski definition) is 3. The first-order valence-electron chi connectivity index (χ1n) is 10.8. The lowest BCUT2D eigenvalue weighted by Crippen LogP contribution is -2.34. The van der Waals surface area contributed by atoms with Crippen molar-refractivity contribution < 1.29 is 23.7 Å². The summed E-state index contributed by atoms with van der Waals surface area (Å²) in [6.45, 7) is 1.95. The molecule has 1 aromatic heterocycles. The number of nitrogens with one attached hydrogen (secondary N) is 3. The van der Waals surface area contributed by atoms with Gasteiger partial charge in [-0.1, -0.05) is 24.3 Å². The number of benzene rings is 3. The SMILES string of the molecule is CCOc1ccc(C(=O)NC(=S)Nc2cccc(NC(=O)c3cc4ccccc4o3)c2)cc1[N+](=O)[O-]. The monoisotopic (exact) mass is 504 g/mol. The van der Waals surface area contributed by atoms with Crippen LogP contribution in [0.3, 0.4) is 0 Å². The molecule has 0 aliphatic heterocycles. The molecule has 0 saturated heterocycles. The van der Waals surface area contributed by atoms with Gasteiger partial charge in [0, 0.05) is 28.4 Å². The van der Waals surface area contributed by atoms with E-state index in [2.05, 4.69) is 16.0 Å². The minimum absolute atomic E-state index is 0.0303. The van der Waals surface area contributed by atoms with Gasteiger partial charge < -0.3 is 19.8 Å². The van der Waals surface area contributed by atoms with E-state index in [0.717, 1.165) is 11.5 Å². The maximum atomic E-state index is 12.6. The predicted molar refractivity (Wildman–Crippen MR) is 139 cm³/mol. The third-order valence-electron chi connectivity index (χ3n) is 4.97. The minimum Gasteiger partial charge on any atom is -0.487 e. The van der Waals surface area contributed by atoms with E-state index in [-0.39, 0.29) is 34.5 Å². The number of para-hydroxylation sites is 1. The van der Waals surface area contributed by atoms with E-state index in [0.29, 0.717) is 17.0 Å². The van der Waals surface area contributed by atoms with Crippen molar-refractivity contribution in [3.8, 4) is 5.75 Å². The molecule has 2 amide bonds. The Morgan fingerprint density at radius 2 is 1.72 bits per heavy atom. The Hall–Kier alpha value is -4.77. The van der Waals surface area contributed by atoms with Crippen molar-refractivity contribution in [3.63, 3.8) is 0 Å². The number of anilines is 2. The molecule has 4 aromatic rings. The van der Waals surface area contributed by atoms with Gasteiger partial charge in [-0.3, -0.25) is 25.0 Å². The molecule has 4 rings (SSSR count). The van der Waals surface area contributed by atoms with Crippen LogP contribution in [0, 0.1) is 10.1 Å². The van der Waals surface area contributed by atoms with Crippen LogP contribution in [0.25, 0.3) is 11.0 Å². The molecule has 0 atom stereocenters. The van der Waals surface area contributed by atoms with Crippen molar-refractivity contribution in [3.05, 3.63) is 94.2 Å². The standard InChI is InChI=1S/C25H20N4O6S/c1-2-34-21-11-10-16(12-19(21)29(32)33)23(30)28-25(36)27-18-8-5-7-17(14-18)26-24(31)22-13-15-6-3-4-9-20(15)35-22/h3-14H,2H2,1H3,(H,26,31)(H2,27,28,30,36). The first kappa shape index (κ1) is 24.4. The molecule has 10 nitrogen and oxygen atoms in total. The van der Waals surface area contributed by atoms with Gasteiger partial charge in [0.15, 0.2) is 16.6 Å². The number of furan rings is 1. The Morgan fingerprint density at radius 1 is 0.972 bits per heavy atom. The van der Waals surface area contributed by atoms with Crippen molar-refractivity contribution in [2.75, 3.05) is 17.2 Å². The first-order valence-corrected chi connectivity index (χ1v) is 11.2. The molecule has 36 heavy (non-hydrogen) atoms. The Kier molecular flexibility index (Phi) is 7.21. The highest BCUT2D eigenvalue weighted by Gasteiger charge is 2.19. The van der Waals surface area contributed by atoms with Crippen LogP contribution in [-0.4, -0.2) is 28.5 Å². The normalized spacial score (nSPS) is 10.5. The van der Waals surface area contributed by atoms with E-state index in [9.17, 15) is 19.7 Å². The molecule has 1 heterocycles. The predicted octanol–water partition coefficient (Wildman–Crippen LogP) is 5.12. The zero-order valence-corrected chi connectivity index (χ0v) is 19.8. The van der Waals surface area contributed by atoms with E-state index < -0.39 is 16.7 Å². The summed E-state index contributed by atoms with van der Waals surface area (Å²) in [4.78, 5) is 35.8. The third-order valence-corrected chi connectivity index (χ3v) is 5.18. The molecule has 0 aliphatic rings. The largest absolute Gasteiger partial charge is 0.487 e. The van der Waals surface area contributed by atoms with Gasteiger partial charge in [-0.2, -0.15) is 0 Å². The Labute approximate surface area is 210 Å². The van der Waals surface area contributed by atoms with Crippen molar-refractivity contribution in [1.29, 1.82) is 0 Å². The summed E-state index contributed by atoms with van der Waals surface area (Å²) in [7, 11) is 0. The number of rotatable bonds is 7. The summed E-state index contributed by atoms with van der Waals surface area (Å²) in [5.41, 5.74) is 1.30. The van der Waals surface area contributed by atoms with Gasteiger partial charge in [0.25, 0.3) is 11.8 Å². The second-order valence-corrected chi connectivity index (χ2v) is 7.87. The van der Waals surface area contributed by atoms with Crippen LogP contribution in [0.4, 0.5) is 17.1 Å². The molecular formula is C25H20N4O6S. The summed E-state index contributed by atoms with van der Waals surface area (Å²) in [5, 5.41) is 20.2. The summed E-state index contributed by atoms with van der Waals surface area (Å²) < 4.78 is 10.8. The maximum Gasteiger partial charge on any atom is 0.311 e. The molecule has 182 valence electrons. The fourth-order valence-corrected chi connectivity index (χ4v) is 3.59. The van der Waals surface area contributed by atoms with Gasteiger partial charge in [-0.15, -0.1) is 0 Å². The van der Waals surface area contributed by atoms with Crippen LogP contribution in [-0.2, 0) is 0 Å². The number of carbonyl (C=O) groups is 2. The van der Waals surface area contributed by atoms with Crippen LogP contribution >= 0.6 is 12.2 Å². The highest BCUT2D eigenvalue weighted by molar-refractivity contribution is 7.80. The fraction of sp³-hybridized carbons (Fsp3) is 0.0800. The number of nitro benzene ring substituents is 1. The minimum atomic E-state index is -0.631. The zero-order valence-electron chi connectivity index (χ0n) is 18.9. The highest BCUT2D eigenvalue weighted by atomic mass is 32.1. The van der Waals surface area contributed by atoms with Gasteiger partial charge in [-0.25, -0.2) is 0 Å². The second kappa shape index (κ2) is 10.7. The fourth-order valence-electron chi connectivity index (χ4n) is 3.38. The summed E-state index contributed by atoms with van der Waals surface area (Å²) in [5.74, 6) is -0.813. The van der Waals surface area contributed by atoms with Crippen LogP contribution in [0.5, 0.6) is 5.75 Å². The average Bonchev–Trinajstić information content (AvgIpc) is 3.29. The molecule has 3 aromatic carbocycles. The van der Waals surface area contributed by atoms with Gasteiger partial charge in [0.05, 0.1) is 11.5 Å². The Morgan fingerprint density at radius 3 is 2.44 bits per heavy atom. The van der Waals surface area contributed by atoms with Crippen molar-refractivity contribution in [1.82, 2.24) is 5.32 Å². The third kappa shape index (κ3) is 5.65. The average molecular weight is 505 g/mol. The van der Waals surface area contributed by atoms with E-state index in [1.54, 1.807) is 43.3 Å². The van der Waals surface area contributed by atoms with E-state index >= 15 is 0 Å². The molecule has 11 heteroatoms. The smallest absolute Gasteiger partial charge is 0.311 e. The molecule has 0 aliphatic carbocycles. The topological polar surface area (TPSA) is 136 Å². The lowest BCUT2D eigenvalue weighted by atomic mass is 10.1. The molecule has 3 N–H and O–H groups in total. The molecular weight excluding hydrogens is 484 g/mol. The number of ether oxygens (including phenoxy) is 1. The van der Waals surface area contributed by atoms with E-state index in [1.165, 1.54) is 12.1 Å². The molecule has 0 fully saturated rings. The highest BCUT2D eigenvalue weighted by Crippen LogP contribution is 2.28. The molecule has 0 radical (unpaired) electrons. The molecule has 0 saturated carbocycles. The zero-order chi connectivity index (χ0) is 25.7. The molecule has 0 spiro atoms. The van der Waals surface area contributed by atoms with Crippen LogP contribution in [0.15, 0.2) is 77.2 Å². The van der Waals surface area contributed by atoms with Crippen molar-refractivity contribution >= 4 is 57.2 Å². The number of nitro groups is 1. The second-order valence-electron chi connectivity index (χ2n) is 7.46. The first-order chi connectivity index (χ1) is 17.3. The van der Waals surface area contributed by atoms with Crippen LogP contribution < -0.4 is 20.7 Å². The maximum absolute atomic E-state index is 12.6. The number of fused-ring (bicyclic) bond motifs is 1. The lowest BCUT2D eigenvalue weighted by molar-refractivity contribution is -0.385. The summed E-state index contributed by atoms with van der Waals surface area (Å²) in [6, 6.07) is 19.5. The van der Waals surface area contributed by atoms with Gasteiger partial charge in [0.2, 0.25) is 0 Å². The summed E-state index contributed by atoms with van der Waals surface area (Å²) >= 11 is 5.20. The Balaban J connectivity index is 1.40. The van der Waals surface area contributed by atoms with E-state index in [1.807, 2.05) is 18.2 Å². The van der Waals surface area contributed by atoms with Gasteiger partial charge in [-0.05, 0) is 61.6 Å². The van der Waals surface area contributed by atoms with Gasteiger partial charge >= 0.3 is 5.69 Å². The van der Waals surface area contributed by atoms with E-state index in [4.69, 9.17) is 21.4 Å². The lowest BCUT2D eigenvalue weighted by Gasteiger charge is -2.11. The number of amides is 2. The van der Waals surface area contributed by atoms with Crippen LogP contribution in [0.1, 0.15) is 27.8 Å². The van der Waals surface area contributed by atoms with Crippen molar-refractivity contribution in [2.24, 2.45) is 0 Å². The molecule has 0 unspecified atom stereocenters. The number of hydrogen-bond acceptors (Lipinski definition) is 7. The van der Waals surface area contributed by atoms with Crippen molar-refractivity contribution in [2.45, 2.75) is 6.92 Å².